The highest BCUT2D eigenvalue weighted by molar-refractivity contribution is 5.85. The van der Waals surface area contributed by atoms with Crippen LogP contribution in [0.3, 0.4) is 0 Å². The number of hydrogen-bond acceptors (Lipinski definition) is 4. The summed E-state index contributed by atoms with van der Waals surface area (Å²) in [6.07, 6.45) is 7.96. The summed E-state index contributed by atoms with van der Waals surface area (Å²) in [7, 11) is 0. The van der Waals surface area contributed by atoms with Gasteiger partial charge in [0.1, 0.15) is 0 Å². The number of aromatic amines is 1. The summed E-state index contributed by atoms with van der Waals surface area (Å²) >= 11 is 0. The molecule has 35 heavy (non-hydrogen) atoms. The Morgan fingerprint density at radius 1 is 1.11 bits per heavy atom. The zero-order valence-electron chi connectivity index (χ0n) is 20.6. The van der Waals surface area contributed by atoms with Gasteiger partial charge in [-0.15, -0.1) is 0 Å². The minimum absolute atomic E-state index is 0.186. The van der Waals surface area contributed by atoms with Crippen LogP contribution >= 0.6 is 0 Å². The number of halogens is 1. The van der Waals surface area contributed by atoms with Gasteiger partial charge < -0.3 is 15.2 Å². The largest absolute Gasteiger partial charge is 0.367 e. The molecule has 2 bridgehead atoms. The van der Waals surface area contributed by atoms with Gasteiger partial charge in [-0.1, -0.05) is 18.2 Å². The van der Waals surface area contributed by atoms with Crippen molar-refractivity contribution in [2.75, 3.05) is 31.2 Å². The Morgan fingerprint density at radius 3 is 2.71 bits per heavy atom. The molecule has 2 aliphatic heterocycles. The molecule has 2 aromatic heterocycles. The lowest BCUT2D eigenvalue weighted by Crippen LogP contribution is -2.58. The third kappa shape index (κ3) is 3.60. The topological polar surface area (TPSA) is 47.2 Å². The summed E-state index contributed by atoms with van der Waals surface area (Å²) in [5, 5.41) is 4.82. The Labute approximate surface area is 207 Å². The van der Waals surface area contributed by atoms with E-state index in [0.29, 0.717) is 24.5 Å². The average Bonchev–Trinajstić information content (AvgIpc) is 3.52. The number of benzene rings is 1. The van der Waals surface area contributed by atoms with E-state index >= 15 is 0 Å². The van der Waals surface area contributed by atoms with E-state index < -0.39 is 0 Å². The van der Waals surface area contributed by atoms with Crippen molar-refractivity contribution in [3.05, 3.63) is 59.5 Å². The fourth-order valence-corrected chi connectivity index (χ4v) is 7.43. The molecular weight excluding hydrogens is 437 g/mol. The van der Waals surface area contributed by atoms with Gasteiger partial charge in [0.25, 0.3) is 0 Å². The molecule has 6 heteroatoms. The van der Waals surface area contributed by atoms with Crippen molar-refractivity contribution in [2.24, 2.45) is 11.8 Å². The Kier molecular flexibility index (Phi) is 5.36. The maximum Gasteiger partial charge on any atom is 0.0935 e. The molecule has 184 valence electrons. The standard InChI is InChI=1S/C29H36FN5/c1-18-11-24-23-5-2-3-6-25(23)33-28(24)29(35(18)27-14-19-12-20(27)13-19)26-8-7-22(15-32-26)34-16-21(17-34)31-10-4-9-30/h2-3,5-8,15,18-21,27,29,31,33H,4,9-14,16-17H2,1H3/t18-,19?,20?,27-,29-/m1/s1. The molecule has 3 aliphatic carbocycles. The number of pyridine rings is 1. The van der Waals surface area contributed by atoms with Crippen LogP contribution in [0.2, 0.25) is 0 Å². The monoisotopic (exact) mass is 473 g/mol. The highest BCUT2D eigenvalue weighted by Gasteiger charge is 2.51. The van der Waals surface area contributed by atoms with Gasteiger partial charge in [-0.3, -0.25) is 14.3 Å². The first-order valence-electron chi connectivity index (χ1n) is 13.6. The van der Waals surface area contributed by atoms with Gasteiger partial charge in [0.05, 0.1) is 30.3 Å². The molecular formula is C29H36FN5. The zero-order chi connectivity index (χ0) is 23.5. The lowest BCUT2D eigenvalue weighted by molar-refractivity contribution is 0.0694. The molecule has 5 aliphatic rings. The van der Waals surface area contributed by atoms with Crippen LogP contribution in [-0.2, 0) is 6.42 Å². The molecule has 2 N–H and O–H groups in total. The molecule has 0 radical (unpaired) electrons. The number of hydrogen-bond donors (Lipinski definition) is 2. The van der Waals surface area contributed by atoms with E-state index in [2.05, 4.69) is 69.6 Å². The molecule has 4 fully saturated rings. The quantitative estimate of drug-likeness (QED) is 0.483. The second-order valence-electron chi connectivity index (χ2n) is 11.4. The summed E-state index contributed by atoms with van der Waals surface area (Å²) in [5.41, 5.74) is 6.43. The molecule has 3 atom stereocenters. The van der Waals surface area contributed by atoms with Crippen molar-refractivity contribution in [3.63, 3.8) is 0 Å². The second-order valence-corrected chi connectivity index (χ2v) is 11.4. The van der Waals surface area contributed by atoms with Crippen molar-refractivity contribution in [3.8, 4) is 0 Å². The number of nitrogens with one attached hydrogen (secondary N) is 2. The van der Waals surface area contributed by atoms with Crippen LogP contribution in [0.15, 0.2) is 42.6 Å². The van der Waals surface area contributed by atoms with E-state index in [-0.39, 0.29) is 12.7 Å². The van der Waals surface area contributed by atoms with Crippen LogP contribution in [0.4, 0.5) is 10.1 Å². The minimum atomic E-state index is -0.244. The third-order valence-electron chi connectivity index (χ3n) is 9.24. The number of aromatic nitrogens is 2. The molecule has 0 unspecified atom stereocenters. The van der Waals surface area contributed by atoms with Crippen molar-refractivity contribution >= 4 is 16.6 Å². The van der Waals surface area contributed by atoms with Gasteiger partial charge >= 0.3 is 0 Å². The molecule has 1 aromatic carbocycles. The fourth-order valence-electron chi connectivity index (χ4n) is 7.43. The second kappa shape index (κ2) is 8.59. The number of para-hydroxylation sites is 1. The molecule has 8 rings (SSSR count). The summed E-state index contributed by atoms with van der Waals surface area (Å²) in [6, 6.07) is 15.1. The van der Waals surface area contributed by atoms with Gasteiger partial charge in [-0.25, -0.2) is 0 Å². The molecule has 1 saturated heterocycles. The summed E-state index contributed by atoms with van der Waals surface area (Å²) in [4.78, 5) is 14.1. The number of alkyl halides is 1. The van der Waals surface area contributed by atoms with E-state index in [4.69, 9.17) is 4.98 Å². The SMILES string of the molecule is C[C@@H]1Cc2c([nH]c3ccccc23)[C@@H](c2ccc(N3CC(NCCCF)C3)cn2)N1[C@@H]1CC2CC1C2. The highest BCUT2D eigenvalue weighted by atomic mass is 19.1. The summed E-state index contributed by atoms with van der Waals surface area (Å²) in [6.45, 7) is 4.88. The van der Waals surface area contributed by atoms with Crippen molar-refractivity contribution < 1.29 is 4.39 Å². The van der Waals surface area contributed by atoms with Crippen molar-refractivity contribution in [1.82, 2.24) is 20.2 Å². The number of nitrogens with zero attached hydrogens (tertiary/aromatic N) is 3. The predicted molar refractivity (Wildman–Crippen MR) is 139 cm³/mol. The van der Waals surface area contributed by atoms with E-state index in [1.165, 1.54) is 47.1 Å². The van der Waals surface area contributed by atoms with Gasteiger partial charge in [0.2, 0.25) is 0 Å². The lowest BCUT2D eigenvalue weighted by Gasteiger charge is -2.45. The minimum Gasteiger partial charge on any atom is -0.367 e. The maximum atomic E-state index is 12.4. The molecule has 0 spiro atoms. The molecule has 3 aromatic rings. The Hall–Kier alpha value is -2.44. The first-order valence-corrected chi connectivity index (χ1v) is 13.6. The van der Waals surface area contributed by atoms with Crippen molar-refractivity contribution in [2.45, 2.75) is 63.2 Å². The molecule has 5 nitrogen and oxygen atoms in total. The average molecular weight is 474 g/mol. The number of anilines is 1. The van der Waals surface area contributed by atoms with E-state index in [1.54, 1.807) is 0 Å². The summed E-state index contributed by atoms with van der Waals surface area (Å²) in [5.74, 6) is 1.80. The first kappa shape index (κ1) is 21.8. The van der Waals surface area contributed by atoms with E-state index in [0.717, 1.165) is 43.6 Å². The predicted octanol–water partition coefficient (Wildman–Crippen LogP) is 4.84. The van der Waals surface area contributed by atoms with Gasteiger partial charge in [0, 0.05) is 47.8 Å². The van der Waals surface area contributed by atoms with Gasteiger partial charge in [0.15, 0.2) is 0 Å². The number of fused-ring (bicyclic) bond motifs is 4. The normalized spacial score (nSPS) is 30.3. The van der Waals surface area contributed by atoms with Crippen LogP contribution in [0, 0.1) is 11.8 Å². The zero-order valence-corrected chi connectivity index (χ0v) is 20.6. The maximum absolute atomic E-state index is 12.4. The van der Waals surface area contributed by atoms with Crippen LogP contribution in [-0.4, -0.2) is 59.3 Å². The van der Waals surface area contributed by atoms with Gasteiger partial charge in [-0.2, -0.15) is 0 Å². The highest BCUT2D eigenvalue weighted by Crippen LogP contribution is 2.54. The molecule has 3 saturated carbocycles. The van der Waals surface area contributed by atoms with Crippen LogP contribution in [0.1, 0.15) is 55.6 Å². The Bertz CT molecular complexity index is 1190. The summed E-state index contributed by atoms with van der Waals surface area (Å²) < 4.78 is 12.4. The molecule has 4 heterocycles. The first-order chi connectivity index (χ1) is 17.2. The smallest absolute Gasteiger partial charge is 0.0935 e. The van der Waals surface area contributed by atoms with Crippen LogP contribution in [0.25, 0.3) is 10.9 Å². The van der Waals surface area contributed by atoms with E-state index in [9.17, 15) is 4.39 Å². The Morgan fingerprint density at radius 2 is 1.97 bits per heavy atom. The fraction of sp³-hybridized carbons (Fsp3) is 0.552. The lowest BCUT2D eigenvalue weighted by atomic mass is 9.82. The Balaban J connectivity index is 1.19. The van der Waals surface area contributed by atoms with Crippen molar-refractivity contribution in [1.29, 1.82) is 0 Å². The third-order valence-corrected chi connectivity index (χ3v) is 9.24. The van der Waals surface area contributed by atoms with Crippen LogP contribution < -0.4 is 10.2 Å². The van der Waals surface area contributed by atoms with Gasteiger partial charge in [-0.05, 0) is 81.2 Å². The number of rotatable bonds is 7. The number of H-pyrrole nitrogens is 1. The molecule has 0 amide bonds. The van der Waals surface area contributed by atoms with Crippen LogP contribution in [0.5, 0.6) is 0 Å². The van der Waals surface area contributed by atoms with E-state index in [1.807, 2.05) is 0 Å².